The molecule has 0 spiro atoms. The summed E-state index contributed by atoms with van der Waals surface area (Å²) in [6.45, 7) is 0. The van der Waals surface area contributed by atoms with E-state index in [1.807, 2.05) is 6.26 Å². The number of thioether (sulfide) groups is 1. The lowest BCUT2D eigenvalue weighted by Crippen LogP contribution is -2.47. The average molecular weight is 337 g/mol. The first kappa shape index (κ1) is 16.8. The second-order valence-corrected chi connectivity index (χ2v) is 5.69. The van der Waals surface area contributed by atoms with Crippen LogP contribution in [0, 0.1) is 0 Å². The maximum Gasteiger partial charge on any atom is 0.355 e. The molecule has 2 rings (SSSR count). The molecule has 1 aromatic rings. The van der Waals surface area contributed by atoms with Crippen LogP contribution in [0.3, 0.4) is 0 Å². The van der Waals surface area contributed by atoms with Crippen LogP contribution in [0.5, 0.6) is 0 Å². The second kappa shape index (κ2) is 7.14. The van der Waals surface area contributed by atoms with E-state index < -0.39 is 29.9 Å². The van der Waals surface area contributed by atoms with Crippen LogP contribution in [0.25, 0.3) is 0 Å². The molecule has 1 aliphatic rings. The molecule has 0 unspecified atom stereocenters. The quantitative estimate of drug-likeness (QED) is 0.731. The van der Waals surface area contributed by atoms with Crippen molar-refractivity contribution in [1.82, 2.24) is 10.4 Å². The Hall–Kier alpha value is -2.55. The molecule has 4 amide bonds. The highest BCUT2D eigenvalue weighted by Crippen LogP contribution is 2.23. The number of hydrogen-bond acceptors (Lipinski definition) is 6. The number of hydrogen-bond donors (Lipinski definition) is 2. The number of carbonyl (C=O) groups excluding carboxylic acids is 4. The standard InChI is InChI=1S/C14H15N3O5S/c1-23-7-6-10(16-14(15)21)13(20)22-17-11(18)8-4-2-3-5-9(8)12(17)19/h2-5,10H,6-7H2,1H3,(H3,15,16,21)/t10-/m0/s1. The molecule has 1 atom stereocenters. The number of benzene rings is 1. The number of nitrogens with one attached hydrogen (secondary N) is 1. The Balaban J connectivity index is 2.11. The van der Waals surface area contributed by atoms with E-state index in [4.69, 9.17) is 10.6 Å². The van der Waals surface area contributed by atoms with Gasteiger partial charge in [-0.3, -0.25) is 9.59 Å². The molecule has 0 aromatic heterocycles. The van der Waals surface area contributed by atoms with Gasteiger partial charge in [0.05, 0.1) is 11.1 Å². The van der Waals surface area contributed by atoms with Crippen molar-refractivity contribution in [3.8, 4) is 0 Å². The number of amides is 4. The molecule has 3 N–H and O–H groups in total. The van der Waals surface area contributed by atoms with Gasteiger partial charge in [0.1, 0.15) is 6.04 Å². The Kier molecular flexibility index (Phi) is 5.22. The lowest BCUT2D eigenvalue weighted by atomic mass is 10.1. The lowest BCUT2D eigenvalue weighted by molar-refractivity contribution is -0.170. The predicted molar refractivity (Wildman–Crippen MR) is 82.5 cm³/mol. The molecule has 1 aromatic carbocycles. The first-order chi connectivity index (χ1) is 11.0. The molecule has 1 aliphatic heterocycles. The Morgan fingerprint density at radius 3 is 2.30 bits per heavy atom. The SMILES string of the molecule is CSCC[C@H](NC(N)=O)C(=O)ON1C(=O)c2ccccc2C1=O. The van der Waals surface area contributed by atoms with Crippen LogP contribution in [0.15, 0.2) is 24.3 Å². The summed E-state index contributed by atoms with van der Waals surface area (Å²) in [5.41, 5.74) is 5.34. The zero-order valence-electron chi connectivity index (χ0n) is 12.3. The molecule has 0 bridgehead atoms. The highest BCUT2D eigenvalue weighted by Gasteiger charge is 2.39. The van der Waals surface area contributed by atoms with Gasteiger partial charge in [0.15, 0.2) is 0 Å². The zero-order chi connectivity index (χ0) is 17.0. The van der Waals surface area contributed by atoms with Crippen molar-refractivity contribution in [2.75, 3.05) is 12.0 Å². The Morgan fingerprint density at radius 1 is 1.26 bits per heavy atom. The molecular formula is C14H15N3O5S. The normalized spacial score (nSPS) is 14.4. The predicted octanol–water partition coefficient (Wildman–Crippen LogP) is 0.531. The fourth-order valence-electron chi connectivity index (χ4n) is 2.06. The van der Waals surface area contributed by atoms with Gasteiger partial charge >= 0.3 is 12.0 Å². The fourth-order valence-corrected chi connectivity index (χ4v) is 2.53. The number of hydroxylamine groups is 2. The van der Waals surface area contributed by atoms with Crippen LogP contribution in [0.2, 0.25) is 0 Å². The Labute approximate surface area is 136 Å². The van der Waals surface area contributed by atoms with Crippen molar-refractivity contribution in [2.45, 2.75) is 12.5 Å². The van der Waals surface area contributed by atoms with Crippen LogP contribution in [-0.2, 0) is 9.63 Å². The number of primary amides is 1. The first-order valence-electron chi connectivity index (χ1n) is 6.70. The third-order valence-corrected chi connectivity index (χ3v) is 3.79. The summed E-state index contributed by atoms with van der Waals surface area (Å²) < 4.78 is 0. The number of carbonyl (C=O) groups is 4. The molecule has 1 heterocycles. The second-order valence-electron chi connectivity index (χ2n) is 4.70. The Morgan fingerprint density at radius 2 is 1.83 bits per heavy atom. The first-order valence-corrected chi connectivity index (χ1v) is 8.09. The summed E-state index contributed by atoms with van der Waals surface area (Å²) in [5, 5.41) is 2.65. The molecular weight excluding hydrogens is 322 g/mol. The number of imide groups is 1. The summed E-state index contributed by atoms with van der Waals surface area (Å²) in [6, 6.07) is 4.21. The van der Waals surface area contributed by atoms with Gasteiger partial charge in [-0.15, -0.1) is 0 Å². The van der Waals surface area contributed by atoms with E-state index in [9.17, 15) is 19.2 Å². The molecule has 0 saturated heterocycles. The number of fused-ring (bicyclic) bond motifs is 1. The van der Waals surface area contributed by atoms with Crippen molar-refractivity contribution in [3.63, 3.8) is 0 Å². The molecule has 122 valence electrons. The van der Waals surface area contributed by atoms with Gasteiger partial charge in [0, 0.05) is 0 Å². The van der Waals surface area contributed by atoms with Crippen molar-refractivity contribution in [1.29, 1.82) is 0 Å². The Bertz CT molecular complexity index is 629. The van der Waals surface area contributed by atoms with Crippen LogP contribution in [-0.4, -0.2) is 46.9 Å². The van der Waals surface area contributed by atoms with Crippen LogP contribution < -0.4 is 11.1 Å². The van der Waals surface area contributed by atoms with Crippen molar-refractivity contribution >= 4 is 35.6 Å². The van der Waals surface area contributed by atoms with E-state index in [-0.39, 0.29) is 17.5 Å². The van der Waals surface area contributed by atoms with Crippen molar-refractivity contribution < 1.29 is 24.0 Å². The lowest BCUT2D eigenvalue weighted by Gasteiger charge is -2.19. The van der Waals surface area contributed by atoms with Gasteiger partial charge in [0.2, 0.25) is 0 Å². The minimum atomic E-state index is -1.04. The molecule has 0 radical (unpaired) electrons. The maximum absolute atomic E-state index is 12.1. The van der Waals surface area contributed by atoms with Crippen molar-refractivity contribution in [2.24, 2.45) is 5.73 Å². The van der Waals surface area contributed by atoms with Gasteiger partial charge in [0.25, 0.3) is 11.8 Å². The van der Waals surface area contributed by atoms with Gasteiger partial charge in [-0.2, -0.15) is 11.8 Å². The van der Waals surface area contributed by atoms with E-state index in [1.165, 1.54) is 23.9 Å². The summed E-state index contributed by atoms with van der Waals surface area (Å²) in [6.07, 6.45) is 2.09. The molecule has 0 aliphatic carbocycles. The third kappa shape index (κ3) is 3.62. The summed E-state index contributed by atoms with van der Waals surface area (Å²) in [4.78, 5) is 52.2. The number of nitrogens with zero attached hydrogens (tertiary/aromatic N) is 1. The average Bonchev–Trinajstić information content (AvgIpc) is 2.76. The van der Waals surface area contributed by atoms with E-state index in [0.29, 0.717) is 10.8 Å². The number of rotatable bonds is 6. The topological polar surface area (TPSA) is 119 Å². The number of nitrogens with two attached hydrogens (primary N) is 1. The highest BCUT2D eigenvalue weighted by molar-refractivity contribution is 7.98. The largest absolute Gasteiger partial charge is 0.355 e. The van der Waals surface area contributed by atoms with Gasteiger partial charge < -0.3 is 15.9 Å². The zero-order valence-corrected chi connectivity index (χ0v) is 13.1. The van der Waals surface area contributed by atoms with E-state index >= 15 is 0 Å². The van der Waals surface area contributed by atoms with Gasteiger partial charge in [-0.1, -0.05) is 17.2 Å². The molecule has 9 heteroatoms. The van der Waals surface area contributed by atoms with E-state index in [1.54, 1.807) is 12.1 Å². The van der Waals surface area contributed by atoms with Crippen LogP contribution >= 0.6 is 11.8 Å². The highest BCUT2D eigenvalue weighted by atomic mass is 32.2. The van der Waals surface area contributed by atoms with Gasteiger partial charge in [-0.05, 0) is 30.6 Å². The minimum absolute atomic E-state index is 0.161. The molecule has 0 saturated carbocycles. The smallest absolute Gasteiger partial charge is 0.352 e. The summed E-state index contributed by atoms with van der Waals surface area (Å²) in [7, 11) is 0. The van der Waals surface area contributed by atoms with Crippen molar-refractivity contribution in [3.05, 3.63) is 35.4 Å². The number of urea groups is 1. The van der Waals surface area contributed by atoms with Crippen LogP contribution in [0.1, 0.15) is 27.1 Å². The molecule has 8 nitrogen and oxygen atoms in total. The maximum atomic E-state index is 12.1. The van der Waals surface area contributed by atoms with Crippen LogP contribution in [0.4, 0.5) is 4.79 Å². The third-order valence-electron chi connectivity index (χ3n) is 3.15. The molecule has 23 heavy (non-hydrogen) atoms. The summed E-state index contributed by atoms with van der Waals surface area (Å²) >= 11 is 1.46. The molecule has 0 fully saturated rings. The van der Waals surface area contributed by atoms with E-state index in [0.717, 1.165) is 0 Å². The van der Waals surface area contributed by atoms with Gasteiger partial charge in [-0.25, -0.2) is 9.59 Å². The monoisotopic (exact) mass is 337 g/mol. The fraction of sp³-hybridized carbons (Fsp3) is 0.286. The minimum Gasteiger partial charge on any atom is -0.352 e. The van der Waals surface area contributed by atoms with E-state index in [2.05, 4.69) is 5.32 Å². The summed E-state index contributed by atoms with van der Waals surface area (Å²) in [5.74, 6) is -1.81.